The van der Waals surface area contributed by atoms with Gasteiger partial charge >= 0.3 is 0 Å². The first-order chi connectivity index (χ1) is 7.52. The van der Waals surface area contributed by atoms with Gasteiger partial charge in [-0.2, -0.15) is 0 Å². The number of sulfone groups is 1. The van der Waals surface area contributed by atoms with Crippen molar-refractivity contribution in [2.24, 2.45) is 0 Å². The van der Waals surface area contributed by atoms with Gasteiger partial charge < -0.3 is 10.5 Å². The molecule has 0 saturated carbocycles. The molecule has 16 heavy (non-hydrogen) atoms. The minimum Gasteiger partial charge on any atom is -0.495 e. The number of hydrogen-bond acceptors (Lipinski definition) is 4. The molecule has 1 aromatic rings. The molecule has 1 heterocycles. The minimum atomic E-state index is -2.84. The van der Waals surface area contributed by atoms with E-state index in [-0.39, 0.29) is 17.4 Å². The summed E-state index contributed by atoms with van der Waals surface area (Å²) >= 11 is 0. The molecule has 5 heteroatoms. The molecule has 1 aromatic carbocycles. The average molecular weight is 241 g/mol. The first kappa shape index (κ1) is 11.3. The molecule has 1 unspecified atom stereocenters. The maximum Gasteiger partial charge on any atom is 0.150 e. The normalized spacial score (nSPS) is 23.2. The van der Waals surface area contributed by atoms with Crippen molar-refractivity contribution >= 4 is 15.5 Å². The van der Waals surface area contributed by atoms with Crippen molar-refractivity contribution in [1.82, 2.24) is 0 Å². The van der Waals surface area contributed by atoms with Gasteiger partial charge in [0.15, 0.2) is 9.84 Å². The fourth-order valence-electron chi connectivity index (χ4n) is 2.06. The summed E-state index contributed by atoms with van der Waals surface area (Å²) < 4.78 is 27.8. The Hall–Kier alpha value is -1.23. The first-order valence-corrected chi connectivity index (χ1v) is 6.98. The number of benzene rings is 1. The Morgan fingerprint density at radius 3 is 2.69 bits per heavy atom. The van der Waals surface area contributed by atoms with Crippen LogP contribution in [0.3, 0.4) is 0 Å². The average Bonchev–Trinajstić information content (AvgIpc) is 2.59. The van der Waals surface area contributed by atoms with Crippen LogP contribution in [0.25, 0.3) is 0 Å². The molecule has 1 fully saturated rings. The van der Waals surface area contributed by atoms with Gasteiger partial charge in [-0.1, -0.05) is 6.07 Å². The zero-order valence-corrected chi connectivity index (χ0v) is 9.96. The number of nitrogens with two attached hydrogens (primary N) is 1. The second-order valence-corrected chi connectivity index (χ2v) is 6.33. The zero-order chi connectivity index (χ0) is 11.8. The third-order valence-corrected chi connectivity index (χ3v) is 4.73. The second-order valence-electron chi connectivity index (χ2n) is 4.10. The minimum absolute atomic E-state index is 0.0817. The molecule has 0 aliphatic carbocycles. The quantitative estimate of drug-likeness (QED) is 0.789. The number of hydrogen-bond donors (Lipinski definition) is 1. The highest BCUT2D eigenvalue weighted by atomic mass is 32.2. The fourth-order valence-corrected chi connectivity index (χ4v) is 3.85. The molecular weight excluding hydrogens is 226 g/mol. The van der Waals surface area contributed by atoms with Crippen LogP contribution in [-0.2, 0) is 9.84 Å². The lowest BCUT2D eigenvalue weighted by molar-refractivity contribution is 0.417. The summed E-state index contributed by atoms with van der Waals surface area (Å²) in [6.07, 6.45) is 0.689. The van der Waals surface area contributed by atoms with E-state index in [2.05, 4.69) is 0 Å². The molecule has 0 spiro atoms. The van der Waals surface area contributed by atoms with E-state index in [0.29, 0.717) is 17.9 Å². The molecule has 0 bridgehead atoms. The van der Waals surface area contributed by atoms with Crippen molar-refractivity contribution < 1.29 is 13.2 Å². The third-order valence-electron chi connectivity index (χ3n) is 2.96. The van der Waals surface area contributed by atoms with Gasteiger partial charge in [0, 0.05) is 0 Å². The van der Waals surface area contributed by atoms with Crippen molar-refractivity contribution in [3.63, 3.8) is 0 Å². The van der Waals surface area contributed by atoms with Crippen molar-refractivity contribution in [1.29, 1.82) is 0 Å². The Morgan fingerprint density at radius 2 is 2.19 bits per heavy atom. The first-order valence-electron chi connectivity index (χ1n) is 5.15. The van der Waals surface area contributed by atoms with E-state index < -0.39 is 9.84 Å². The lowest BCUT2D eigenvalue weighted by Gasteiger charge is -2.11. The van der Waals surface area contributed by atoms with E-state index in [1.807, 2.05) is 12.1 Å². The number of rotatable bonds is 2. The molecule has 1 atom stereocenters. The summed E-state index contributed by atoms with van der Waals surface area (Å²) in [5.74, 6) is 1.23. The monoisotopic (exact) mass is 241 g/mol. The zero-order valence-electron chi connectivity index (χ0n) is 9.14. The predicted molar refractivity (Wildman–Crippen MR) is 63.4 cm³/mol. The Kier molecular flexibility index (Phi) is 2.80. The molecule has 1 aliphatic rings. The van der Waals surface area contributed by atoms with Crippen LogP contribution in [0.15, 0.2) is 18.2 Å². The maximum absolute atomic E-state index is 11.4. The molecule has 0 aromatic heterocycles. The van der Waals surface area contributed by atoms with Gasteiger partial charge in [-0.3, -0.25) is 0 Å². The molecular formula is C11H15NO3S. The molecule has 1 saturated heterocycles. The molecule has 88 valence electrons. The van der Waals surface area contributed by atoms with Crippen LogP contribution >= 0.6 is 0 Å². The predicted octanol–water partition coefficient (Wildman–Crippen LogP) is 1.18. The summed E-state index contributed by atoms with van der Waals surface area (Å²) in [5, 5.41) is 0. The van der Waals surface area contributed by atoms with Crippen molar-refractivity contribution in [3.05, 3.63) is 23.8 Å². The molecule has 1 aliphatic heterocycles. The van der Waals surface area contributed by atoms with E-state index in [4.69, 9.17) is 10.5 Å². The summed E-state index contributed by atoms with van der Waals surface area (Å²) in [6.45, 7) is 0. The number of methoxy groups -OCH3 is 1. The molecule has 2 rings (SSSR count). The van der Waals surface area contributed by atoms with Gasteiger partial charge in [0.2, 0.25) is 0 Å². The Bertz CT molecular complexity index is 496. The van der Waals surface area contributed by atoms with Gasteiger partial charge in [0.25, 0.3) is 0 Å². The van der Waals surface area contributed by atoms with Gasteiger partial charge in [0.1, 0.15) is 5.75 Å². The summed E-state index contributed by atoms with van der Waals surface area (Å²) in [6, 6.07) is 5.49. The molecule has 4 nitrogen and oxygen atoms in total. The highest BCUT2D eigenvalue weighted by molar-refractivity contribution is 7.91. The highest BCUT2D eigenvalue weighted by Gasteiger charge is 2.29. The van der Waals surface area contributed by atoms with E-state index >= 15 is 0 Å². The van der Waals surface area contributed by atoms with Gasteiger partial charge in [-0.15, -0.1) is 0 Å². The van der Waals surface area contributed by atoms with E-state index in [0.717, 1.165) is 5.56 Å². The highest BCUT2D eigenvalue weighted by Crippen LogP contribution is 2.32. The van der Waals surface area contributed by atoms with Gasteiger partial charge in [-0.05, 0) is 30.0 Å². The number of ether oxygens (including phenoxy) is 1. The smallest absolute Gasteiger partial charge is 0.150 e. The second kappa shape index (κ2) is 3.97. The topological polar surface area (TPSA) is 69.4 Å². The van der Waals surface area contributed by atoms with Crippen molar-refractivity contribution in [3.8, 4) is 5.75 Å². The van der Waals surface area contributed by atoms with Gasteiger partial charge in [-0.25, -0.2) is 8.42 Å². The molecule has 0 radical (unpaired) electrons. The van der Waals surface area contributed by atoms with Crippen LogP contribution < -0.4 is 10.5 Å². The fraction of sp³-hybridized carbons (Fsp3) is 0.455. The summed E-state index contributed by atoms with van der Waals surface area (Å²) in [5.41, 5.74) is 7.34. The molecule has 2 N–H and O–H groups in total. The van der Waals surface area contributed by atoms with Crippen LogP contribution in [0.4, 0.5) is 5.69 Å². The van der Waals surface area contributed by atoms with Crippen LogP contribution in [-0.4, -0.2) is 27.0 Å². The Balaban J connectivity index is 2.26. The Morgan fingerprint density at radius 1 is 1.44 bits per heavy atom. The van der Waals surface area contributed by atoms with Crippen LogP contribution in [0, 0.1) is 0 Å². The summed E-state index contributed by atoms with van der Waals surface area (Å²) in [7, 11) is -1.28. The van der Waals surface area contributed by atoms with Crippen LogP contribution in [0.2, 0.25) is 0 Å². The number of anilines is 1. The number of nitrogen functional groups attached to an aromatic ring is 1. The standard InChI is InChI=1S/C11H15NO3S/c1-15-11-3-2-8(6-10(11)12)9-4-5-16(13,14)7-9/h2-3,6,9H,4-5,7,12H2,1H3. The summed E-state index contributed by atoms with van der Waals surface area (Å²) in [4.78, 5) is 0. The lowest BCUT2D eigenvalue weighted by atomic mass is 9.98. The SMILES string of the molecule is COc1ccc(C2CCS(=O)(=O)C2)cc1N. The largest absolute Gasteiger partial charge is 0.495 e. The third kappa shape index (κ3) is 2.14. The van der Waals surface area contributed by atoms with E-state index in [1.165, 1.54) is 0 Å². The Labute approximate surface area is 95.3 Å². The van der Waals surface area contributed by atoms with Gasteiger partial charge in [0.05, 0.1) is 24.3 Å². The lowest BCUT2D eigenvalue weighted by Crippen LogP contribution is -2.04. The van der Waals surface area contributed by atoms with E-state index in [9.17, 15) is 8.42 Å². The van der Waals surface area contributed by atoms with Crippen LogP contribution in [0.5, 0.6) is 5.75 Å². The van der Waals surface area contributed by atoms with Crippen molar-refractivity contribution in [2.45, 2.75) is 12.3 Å². The maximum atomic E-state index is 11.4. The van der Waals surface area contributed by atoms with Crippen molar-refractivity contribution in [2.75, 3.05) is 24.3 Å². The van der Waals surface area contributed by atoms with Crippen LogP contribution in [0.1, 0.15) is 17.9 Å². The molecule has 0 amide bonds. The van der Waals surface area contributed by atoms with E-state index in [1.54, 1.807) is 13.2 Å².